The molecule has 1 unspecified atom stereocenters. The van der Waals surface area contributed by atoms with Gasteiger partial charge in [-0.25, -0.2) is 4.79 Å². The van der Waals surface area contributed by atoms with Gasteiger partial charge in [0.15, 0.2) is 0 Å². The molecule has 1 aliphatic rings. The number of aromatic carboxylic acids is 1. The zero-order chi connectivity index (χ0) is 18.1. The first-order chi connectivity index (χ1) is 11.9. The van der Waals surface area contributed by atoms with Crippen molar-refractivity contribution >= 4 is 34.1 Å². The number of carboxylic acid groups (broad SMARTS) is 1. The predicted octanol–water partition coefficient (Wildman–Crippen LogP) is 2.92. The summed E-state index contributed by atoms with van der Waals surface area (Å²) in [7, 11) is 0. The first-order valence-corrected chi connectivity index (χ1v) is 8.77. The van der Waals surface area contributed by atoms with Gasteiger partial charge in [-0.1, -0.05) is 13.0 Å². The largest absolute Gasteiger partial charge is 0.478 e. The van der Waals surface area contributed by atoms with Crippen LogP contribution in [0.1, 0.15) is 54.9 Å². The van der Waals surface area contributed by atoms with Gasteiger partial charge in [-0.3, -0.25) is 9.59 Å². The van der Waals surface area contributed by atoms with Gasteiger partial charge in [-0.2, -0.15) is 0 Å². The monoisotopic (exact) mass is 358 g/mol. The third-order valence-electron chi connectivity index (χ3n) is 4.36. The van der Waals surface area contributed by atoms with Crippen molar-refractivity contribution in [2.75, 3.05) is 5.32 Å². The van der Waals surface area contributed by atoms with Crippen LogP contribution in [0.4, 0.5) is 5.00 Å². The summed E-state index contributed by atoms with van der Waals surface area (Å²) in [6.45, 7) is 2.16. The first kappa shape index (κ1) is 17.2. The van der Waals surface area contributed by atoms with E-state index in [0.717, 1.165) is 29.7 Å². The molecular formula is C18H18N2O4S. The average Bonchev–Trinajstić information content (AvgIpc) is 2.91. The zero-order valence-electron chi connectivity index (χ0n) is 13.7. The van der Waals surface area contributed by atoms with Crippen LogP contribution in [0.3, 0.4) is 0 Å². The second-order valence-corrected chi connectivity index (χ2v) is 7.37. The van der Waals surface area contributed by atoms with Gasteiger partial charge >= 0.3 is 5.97 Å². The highest BCUT2D eigenvalue weighted by molar-refractivity contribution is 7.17. The highest BCUT2D eigenvalue weighted by atomic mass is 32.1. The Hall–Kier alpha value is -2.67. The Labute approximate surface area is 148 Å². The van der Waals surface area contributed by atoms with Gasteiger partial charge in [0.2, 0.25) is 0 Å². The number of thiophene rings is 1. The van der Waals surface area contributed by atoms with E-state index in [1.165, 1.54) is 35.6 Å². The van der Waals surface area contributed by atoms with Crippen molar-refractivity contribution < 1.29 is 19.5 Å². The van der Waals surface area contributed by atoms with Crippen molar-refractivity contribution in [2.45, 2.75) is 26.2 Å². The van der Waals surface area contributed by atoms with Crippen LogP contribution in [0.2, 0.25) is 0 Å². The standard InChI is InChI=1S/C18H18N2O4S/c1-9-5-6-12-13(7-9)25-17(14(12)15(19)21)20-16(22)10-3-2-4-11(8-10)18(23)24/h2-4,8-9H,5-7H2,1H3,(H2,19,21)(H,20,22)(H,23,24). The number of nitrogens with two attached hydrogens (primary N) is 1. The maximum atomic E-state index is 12.5. The van der Waals surface area contributed by atoms with Crippen molar-refractivity contribution in [3.05, 3.63) is 51.4 Å². The number of hydrogen-bond donors (Lipinski definition) is 3. The number of carbonyl (C=O) groups is 3. The SMILES string of the molecule is CC1CCc2c(sc(NC(=O)c3cccc(C(=O)O)c3)c2C(N)=O)C1. The Balaban J connectivity index is 1.92. The second-order valence-electron chi connectivity index (χ2n) is 6.26. The highest BCUT2D eigenvalue weighted by Crippen LogP contribution is 2.39. The van der Waals surface area contributed by atoms with E-state index >= 15 is 0 Å². The van der Waals surface area contributed by atoms with Crippen molar-refractivity contribution in [1.82, 2.24) is 0 Å². The fourth-order valence-corrected chi connectivity index (χ4v) is 4.48. The molecule has 0 spiro atoms. The van der Waals surface area contributed by atoms with Crippen LogP contribution in [-0.2, 0) is 12.8 Å². The molecule has 1 heterocycles. The lowest BCUT2D eigenvalue weighted by Crippen LogP contribution is -2.19. The lowest BCUT2D eigenvalue weighted by molar-refractivity contribution is 0.0696. The number of primary amides is 1. The minimum atomic E-state index is -1.10. The number of hydrogen-bond acceptors (Lipinski definition) is 4. The highest BCUT2D eigenvalue weighted by Gasteiger charge is 2.27. The second kappa shape index (κ2) is 6.68. The summed E-state index contributed by atoms with van der Waals surface area (Å²) >= 11 is 1.38. The van der Waals surface area contributed by atoms with Gasteiger partial charge < -0.3 is 16.2 Å². The fraction of sp³-hybridized carbons (Fsp3) is 0.278. The number of carboxylic acids is 1. The Kier molecular flexibility index (Phi) is 4.59. The number of nitrogens with one attached hydrogen (secondary N) is 1. The Morgan fingerprint density at radius 1 is 1.28 bits per heavy atom. The third kappa shape index (κ3) is 3.41. The molecule has 2 amide bonds. The topological polar surface area (TPSA) is 109 Å². The van der Waals surface area contributed by atoms with Gasteiger partial charge in [0, 0.05) is 10.4 Å². The van der Waals surface area contributed by atoms with Crippen LogP contribution in [0.5, 0.6) is 0 Å². The summed E-state index contributed by atoms with van der Waals surface area (Å²) in [5.41, 5.74) is 7.10. The van der Waals surface area contributed by atoms with E-state index in [2.05, 4.69) is 12.2 Å². The van der Waals surface area contributed by atoms with Gasteiger partial charge in [0.1, 0.15) is 5.00 Å². The van der Waals surface area contributed by atoms with E-state index in [1.54, 1.807) is 0 Å². The summed E-state index contributed by atoms with van der Waals surface area (Å²) in [4.78, 5) is 36.5. The molecule has 6 nitrogen and oxygen atoms in total. The Morgan fingerprint density at radius 3 is 2.68 bits per heavy atom. The molecule has 1 atom stereocenters. The number of carbonyl (C=O) groups excluding carboxylic acids is 2. The molecule has 1 aromatic heterocycles. The van der Waals surface area contributed by atoms with Crippen LogP contribution < -0.4 is 11.1 Å². The van der Waals surface area contributed by atoms with Gasteiger partial charge in [0.25, 0.3) is 11.8 Å². The van der Waals surface area contributed by atoms with E-state index in [9.17, 15) is 14.4 Å². The van der Waals surface area contributed by atoms with E-state index in [-0.39, 0.29) is 11.1 Å². The van der Waals surface area contributed by atoms with Gasteiger partial charge in [-0.15, -0.1) is 11.3 Å². The van der Waals surface area contributed by atoms with Crippen LogP contribution in [0.25, 0.3) is 0 Å². The zero-order valence-corrected chi connectivity index (χ0v) is 14.5. The summed E-state index contributed by atoms with van der Waals surface area (Å²) in [6, 6.07) is 5.76. The number of amides is 2. The first-order valence-electron chi connectivity index (χ1n) is 7.96. The molecule has 0 saturated carbocycles. The third-order valence-corrected chi connectivity index (χ3v) is 5.53. The van der Waals surface area contributed by atoms with E-state index in [0.29, 0.717) is 16.5 Å². The van der Waals surface area contributed by atoms with E-state index < -0.39 is 17.8 Å². The number of anilines is 1. The molecule has 0 radical (unpaired) electrons. The van der Waals surface area contributed by atoms with Crippen molar-refractivity contribution in [2.24, 2.45) is 11.7 Å². The van der Waals surface area contributed by atoms with Crippen molar-refractivity contribution in [1.29, 1.82) is 0 Å². The number of benzene rings is 1. The molecule has 1 aliphatic carbocycles. The van der Waals surface area contributed by atoms with E-state index in [4.69, 9.17) is 10.8 Å². The summed E-state index contributed by atoms with van der Waals surface area (Å²) < 4.78 is 0. The maximum Gasteiger partial charge on any atom is 0.335 e. The van der Waals surface area contributed by atoms with Crippen LogP contribution >= 0.6 is 11.3 Å². The Bertz CT molecular complexity index is 872. The molecule has 0 aliphatic heterocycles. The molecule has 2 aromatic rings. The molecule has 1 aromatic carbocycles. The normalized spacial score (nSPS) is 16.1. The minimum absolute atomic E-state index is 0.0297. The average molecular weight is 358 g/mol. The van der Waals surface area contributed by atoms with E-state index in [1.807, 2.05) is 0 Å². The van der Waals surface area contributed by atoms with Crippen molar-refractivity contribution in [3.8, 4) is 0 Å². The molecule has 130 valence electrons. The maximum absolute atomic E-state index is 12.5. The fourth-order valence-electron chi connectivity index (χ4n) is 3.07. The van der Waals surface area contributed by atoms with Crippen LogP contribution in [0, 0.1) is 5.92 Å². The molecule has 0 fully saturated rings. The quantitative estimate of drug-likeness (QED) is 0.780. The Morgan fingerprint density at radius 2 is 2.00 bits per heavy atom. The van der Waals surface area contributed by atoms with Crippen molar-refractivity contribution in [3.63, 3.8) is 0 Å². The summed E-state index contributed by atoms with van der Waals surface area (Å²) in [5, 5.41) is 12.2. The van der Waals surface area contributed by atoms with Crippen LogP contribution in [-0.4, -0.2) is 22.9 Å². The number of rotatable bonds is 4. The molecule has 0 saturated heterocycles. The molecule has 7 heteroatoms. The summed E-state index contributed by atoms with van der Waals surface area (Å²) in [6.07, 6.45) is 2.62. The minimum Gasteiger partial charge on any atom is -0.478 e. The lowest BCUT2D eigenvalue weighted by Gasteiger charge is -2.18. The molecular weight excluding hydrogens is 340 g/mol. The van der Waals surface area contributed by atoms with Gasteiger partial charge in [0.05, 0.1) is 11.1 Å². The van der Waals surface area contributed by atoms with Gasteiger partial charge in [-0.05, 0) is 48.9 Å². The smallest absolute Gasteiger partial charge is 0.335 e. The lowest BCUT2D eigenvalue weighted by atomic mass is 9.88. The number of fused-ring (bicyclic) bond motifs is 1. The molecule has 25 heavy (non-hydrogen) atoms. The molecule has 4 N–H and O–H groups in total. The van der Waals surface area contributed by atoms with Crippen LogP contribution in [0.15, 0.2) is 24.3 Å². The molecule has 3 rings (SSSR count). The predicted molar refractivity (Wildman–Crippen MR) is 95.4 cm³/mol. The summed E-state index contributed by atoms with van der Waals surface area (Å²) in [5.74, 6) is -1.59. The molecule has 0 bridgehead atoms.